The van der Waals surface area contributed by atoms with Gasteiger partial charge < -0.3 is 5.11 Å². The first-order valence-electron chi connectivity index (χ1n) is 6.49. The van der Waals surface area contributed by atoms with Crippen LogP contribution in [0.1, 0.15) is 43.2 Å². The number of aliphatic hydroxyl groups is 1. The molecule has 1 fully saturated rings. The molecule has 1 aliphatic carbocycles. The summed E-state index contributed by atoms with van der Waals surface area (Å²) in [4.78, 5) is 0. The normalized spacial score (nSPS) is 19.6. The monoisotopic (exact) mass is 218 g/mol. The van der Waals surface area contributed by atoms with Gasteiger partial charge in [-0.3, -0.25) is 0 Å². The standard InChI is InChI=1S/C15H22O/c1-12-6-5-7-13(10-12)11-15(16)14-8-3-2-4-9-14/h5-7,10,14-16H,2-4,8-9,11H2,1H3. The molecular weight excluding hydrogens is 196 g/mol. The van der Waals surface area contributed by atoms with Gasteiger partial charge in [0.25, 0.3) is 0 Å². The van der Waals surface area contributed by atoms with Crippen molar-refractivity contribution in [1.82, 2.24) is 0 Å². The Morgan fingerprint density at radius 1 is 1.25 bits per heavy atom. The molecule has 0 spiro atoms. The minimum Gasteiger partial charge on any atom is -0.392 e. The zero-order valence-corrected chi connectivity index (χ0v) is 10.2. The first-order chi connectivity index (χ1) is 7.75. The summed E-state index contributed by atoms with van der Waals surface area (Å²) in [6.07, 6.45) is 7.08. The number of aryl methyl sites for hydroxylation is 1. The van der Waals surface area contributed by atoms with E-state index >= 15 is 0 Å². The molecule has 1 unspecified atom stereocenters. The van der Waals surface area contributed by atoms with Gasteiger partial charge >= 0.3 is 0 Å². The fraction of sp³-hybridized carbons (Fsp3) is 0.600. The Bertz CT molecular complexity index is 326. The summed E-state index contributed by atoms with van der Waals surface area (Å²) in [6, 6.07) is 8.50. The van der Waals surface area contributed by atoms with E-state index in [2.05, 4.69) is 31.2 Å². The molecule has 1 N–H and O–H groups in total. The van der Waals surface area contributed by atoms with Crippen LogP contribution in [0, 0.1) is 12.8 Å². The lowest BCUT2D eigenvalue weighted by Crippen LogP contribution is -2.24. The lowest BCUT2D eigenvalue weighted by molar-refractivity contribution is 0.0851. The minimum absolute atomic E-state index is 0.137. The van der Waals surface area contributed by atoms with Crippen LogP contribution >= 0.6 is 0 Å². The number of rotatable bonds is 3. The van der Waals surface area contributed by atoms with Crippen LogP contribution in [0.25, 0.3) is 0 Å². The summed E-state index contributed by atoms with van der Waals surface area (Å²) in [7, 11) is 0. The third-order valence-electron chi connectivity index (χ3n) is 3.72. The maximum Gasteiger partial charge on any atom is 0.0608 e. The molecule has 0 aromatic heterocycles. The van der Waals surface area contributed by atoms with Crippen molar-refractivity contribution >= 4 is 0 Å². The van der Waals surface area contributed by atoms with Crippen LogP contribution in [0.3, 0.4) is 0 Å². The Morgan fingerprint density at radius 2 is 2.00 bits per heavy atom. The first-order valence-corrected chi connectivity index (χ1v) is 6.49. The van der Waals surface area contributed by atoms with Gasteiger partial charge in [0.05, 0.1) is 6.10 Å². The van der Waals surface area contributed by atoms with Crippen LogP contribution < -0.4 is 0 Å². The lowest BCUT2D eigenvalue weighted by atomic mass is 9.83. The van der Waals surface area contributed by atoms with Gasteiger partial charge in [-0.05, 0) is 37.7 Å². The van der Waals surface area contributed by atoms with Crippen LogP contribution in [0.15, 0.2) is 24.3 Å². The van der Waals surface area contributed by atoms with Crippen molar-refractivity contribution in [2.75, 3.05) is 0 Å². The molecule has 0 saturated heterocycles. The van der Waals surface area contributed by atoms with Gasteiger partial charge in [-0.15, -0.1) is 0 Å². The third-order valence-corrected chi connectivity index (χ3v) is 3.72. The van der Waals surface area contributed by atoms with Gasteiger partial charge in [0.2, 0.25) is 0 Å². The summed E-state index contributed by atoms with van der Waals surface area (Å²) in [5.74, 6) is 0.536. The van der Waals surface area contributed by atoms with E-state index in [1.54, 1.807) is 0 Å². The fourth-order valence-corrected chi connectivity index (χ4v) is 2.77. The summed E-state index contributed by atoms with van der Waals surface area (Å²) in [5.41, 5.74) is 2.56. The Hall–Kier alpha value is -0.820. The number of benzene rings is 1. The van der Waals surface area contributed by atoms with Crippen molar-refractivity contribution in [3.05, 3.63) is 35.4 Å². The quantitative estimate of drug-likeness (QED) is 0.823. The molecule has 16 heavy (non-hydrogen) atoms. The van der Waals surface area contributed by atoms with Crippen LogP contribution in [-0.2, 0) is 6.42 Å². The van der Waals surface area contributed by atoms with Crippen molar-refractivity contribution in [1.29, 1.82) is 0 Å². The second-order valence-electron chi connectivity index (χ2n) is 5.16. The second-order valence-corrected chi connectivity index (χ2v) is 5.16. The molecule has 1 aromatic carbocycles. The molecule has 1 nitrogen and oxygen atoms in total. The Balaban J connectivity index is 1.93. The molecule has 0 heterocycles. The van der Waals surface area contributed by atoms with Crippen molar-refractivity contribution in [2.24, 2.45) is 5.92 Å². The largest absolute Gasteiger partial charge is 0.392 e. The molecule has 1 aliphatic rings. The van der Waals surface area contributed by atoms with Crippen molar-refractivity contribution in [2.45, 2.75) is 51.6 Å². The highest BCUT2D eigenvalue weighted by molar-refractivity contribution is 5.22. The van der Waals surface area contributed by atoms with Gasteiger partial charge in [0, 0.05) is 0 Å². The Morgan fingerprint density at radius 3 is 2.69 bits per heavy atom. The molecule has 2 rings (SSSR count). The van der Waals surface area contributed by atoms with Gasteiger partial charge in [-0.25, -0.2) is 0 Å². The molecule has 0 bridgehead atoms. The molecule has 0 aliphatic heterocycles. The molecule has 88 valence electrons. The van der Waals surface area contributed by atoms with E-state index in [9.17, 15) is 5.11 Å². The van der Waals surface area contributed by atoms with E-state index in [0.29, 0.717) is 5.92 Å². The molecule has 1 heteroatoms. The van der Waals surface area contributed by atoms with Crippen LogP contribution in [0.2, 0.25) is 0 Å². The van der Waals surface area contributed by atoms with E-state index in [0.717, 1.165) is 6.42 Å². The van der Waals surface area contributed by atoms with Crippen molar-refractivity contribution in [3.63, 3.8) is 0 Å². The van der Waals surface area contributed by atoms with Gasteiger partial charge in [0.15, 0.2) is 0 Å². The smallest absolute Gasteiger partial charge is 0.0608 e. The molecule has 0 amide bonds. The molecule has 1 saturated carbocycles. The zero-order valence-electron chi connectivity index (χ0n) is 10.2. The maximum atomic E-state index is 10.2. The molecular formula is C15H22O. The molecule has 1 aromatic rings. The van der Waals surface area contributed by atoms with E-state index in [1.165, 1.54) is 43.2 Å². The minimum atomic E-state index is -0.137. The number of hydrogen-bond acceptors (Lipinski definition) is 1. The summed E-state index contributed by atoms with van der Waals surface area (Å²) in [5, 5.41) is 10.2. The summed E-state index contributed by atoms with van der Waals surface area (Å²) < 4.78 is 0. The van der Waals surface area contributed by atoms with Crippen molar-refractivity contribution in [3.8, 4) is 0 Å². The first kappa shape index (κ1) is 11.7. The highest BCUT2D eigenvalue weighted by Crippen LogP contribution is 2.27. The van der Waals surface area contributed by atoms with Gasteiger partial charge in [0.1, 0.15) is 0 Å². The Kier molecular flexibility index (Phi) is 4.00. The summed E-state index contributed by atoms with van der Waals surface area (Å²) >= 11 is 0. The number of aliphatic hydroxyl groups excluding tert-OH is 1. The average Bonchev–Trinajstić information content (AvgIpc) is 2.30. The highest BCUT2D eigenvalue weighted by atomic mass is 16.3. The third kappa shape index (κ3) is 3.08. The van der Waals surface area contributed by atoms with E-state index < -0.39 is 0 Å². The Labute approximate surface area is 98.5 Å². The maximum absolute atomic E-state index is 10.2. The van der Waals surface area contributed by atoms with E-state index in [4.69, 9.17) is 0 Å². The van der Waals surface area contributed by atoms with E-state index in [-0.39, 0.29) is 6.10 Å². The zero-order chi connectivity index (χ0) is 11.4. The lowest BCUT2D eigenvalue weighted by Gasteiger charge is -2.26. The van der Waals surface area contributed by atoms with Crippen molar-refractivity contribution < 1.29 is 5.11 Å². The van der Waals surface area contributed by atoms with E-state index in [1.807, 2.05) is 0 Å². The molecule has 0 radical (unpaired) electrons. The van der Waals surface area contributed by atoms with Gasteiger partial charge in [-0.2, -0.15) is 0 Å². The molecule has 1 atom stereocenters. The summed E-state index contributed by atoms with van der Waals surface area (Å²) in [6.45, 7) is 2.11. The number of hydrogen-bond donors (Lipinski definition) is 1. The van der Waals surface area contributed by atoms with Gasteiger partial charge in [-0.1, -0.05) is 49.1 Å². The SMILES string of the molecule is Cc1cccc(CC(O)C2CCCCC2)c1. The average molecular weight is 218 g/mol. The van der Waals surface area contributed by atoms with Crippen LogP contribution in [-0.4, -0.2) is 11.2 Å². The predicted molar refractivity (Wildman–Crippen MR) is 67.5 cm³/mol. The predicted octanol–water partition coefficient (Wildman–Crippen LogP) is 3.48. The highest BCUT2D eigenvalue weighted by Gasteiger charge is 2.21. The topological polar surface area (TPSA) is 20.2 Å². The van der Waals surface area contributed by atoms with Crippen LogP contribution in [0.4, 0.5) is 0 Å². The fourth-order valence-electron chi connectivity index (χ4n) is 2.77. The van der Waals surface area contributed by atoms with Crippen LogP contribution in [0.5, 0.6) is 0 Å². The second kappa shape index (κ2) is 5.49.